The highest BCUT2D eigenvalue weighted by molar-refractivity contribution is 6.05. The Balaban J connectivity index is 1.60. The van der Waals surface area contributed by atoms with E-state index in [2.05, 4.69) is 10.2 Å². The molecule has 214 valence electrons. The zero-order chi connectivity index (χ0) is 30.0. The molecule has 13 heteroatoms. The lowest BCUT2D eigenvalue weighted by atomic mass is 10.0. The summed E-state index contributed by atoms with van der Waals surface area (Å²) in [5, 5.41) is 10.1. The number of rotatable bonds is 3. The van der Waals surface area contributed by atoms with E-state index >= 15 is 0 Å². The number of aromatic nitrogens is 2. The van der Waals surface area contributed by atoms with Crippen molar-refractivity contribution in [2.75, 3.05) is 0 Å². The first-order valence-corrected chi connectivity index (χ1v) is 12.0. The van der Waals surface area contributed by atoms with Gasteiger partial charge < -0.3 is 9.15 Å². The number of para-hydroxylation sites is 1. The van der Waals surface area contributed by atoms with Crippen molar-refractivity contribution in [3.05, 3.63) is 95.6 Å². The van der Waals surface area contributed by atoms with E-state index in [-0.39, 0.29) is 28.3 Å². The van der Waals surface area contributed by atoms with E-state index in [1.165, 1.54) is 6.07 Å². The number of nitrogens with zero attached hydrogens (tertiary/aromatic N) is 2. The fraction of sp³-hybridized carbons (Fsp3) is 0.103. The molecule has 0 N–H and O–H groups in total. The molecular weight excluding hydrogens is 579 g/mol. The Morgan fingerprint density at radius 1 is 0.548 bits per heavy atom. The standard InChI is InChI=1S/C29H13F9N2O2/c30-27(31,32)19-12-21(29(36,37)38)23(13-20(19)28(33,34)35)42-26-18-10-15-6-2-1-5-14(15)9-17(18)25(39-40-26)24-11-16-7-3-4-8-22(16)41-24/h1-13H. The number of ether oxygens (including phenoxy) is 1. The van der Waals surface area contributed by atoms with Gasteiger partial charge >= 0.3 is 18.5 Å². The largest absolute Gasteiger partial charge is 0.454 e. The van der Waals surface area contributed by atoms with Gasteiger partial charge in [-0.3, -0.25) is 0 Å². The van der Waals surface area contributed by atoms with E-state index in [1.807, 2.05) is 0 Å². The highest BCUT2D eigenvalue weighted by Crippen LogP contribution is 2.48. The Bertz CT molecular complexity index is 1960. The molecule has 0 aliphatic heterocycles. The second-order valence-corrected chi connectivity index (χ2v) is 9.24. The lowest BCUT2D eigenvalue weighted by molar-refractivity contribution is -0.163. The maximum absolute atomic E-state index is 13.9. The van der Waals surface area contributed by atoms with Crippen LogP contribution in [-0.4, -0.2) is 10.2 Å². The average Bonchev–Trinajstić information content (AvgIpc) is 3.34. The van der Waals surface area contributed by atoms with Gasteiger partial charge in [-0.2, -0.15) is 39.5 Å². The van der Waals surface area contributed by atoms with Crippen molar-refractivity contribution in [1.82, 2.24) is 10.2 Å². The van der Waals surface area contributed by atoms with Gasteiger partial charge in [-0.25, -0.2) is 0 Å². The lowest BCUT2D eigenvalue weighted by Crippen LogP contribution is -2.19. The lowest BCUT2D eigenvalue weighted by Gasteiger charge is -2.21. The molecule has 0 fully saturated rings. The van der Waals surface area contributed by atoms with Crippen molar-refractivity contribution in [1.29, 1.82) is 0 Å². The Morgan fingerprint density at radius 2 is 1.10 bits per heavy atom. The number of hydrogen-bond acceptors (Lipinski definition) is 4. The van der Waals surface area contributed by atoms with Crippen LogP contribution in [0.4, 0.5) is 39.5 Å². The molecule has 0 radical (unpaired) electrons. The van der Waals surface area contributed by atoms with Gasteiger partial charge in [0.25, 0.3) is 0 Å². The molecule has 6 rings (SSSR count). The molecule has 0 bridgehead atoms. The van der Waals surface area contributed by atoms with E-state index in [0.29, 0.717) is 21.7 Å². The summed E-state index contributed by atoms with van der Waals surface area (Å²) < 4.78 is 134. The van der Waals surface area contributed by atoms with Gasteiger partial charge in [-0.05, 0) is 47.2 Å². The van der Waals surface area contributed by atoms with Crippen LogP contribution in [0.5, 0.6) is 11.6 Å². The van der Waals surface area contributed by atoms with Crippen LogP contribution in [0, 0.1) is 0 Å². The number of fused-ring (bicyclic) bond motifs is 3. The predicted molar refractivity (Wildman–Crippen MR) is 134 cm³/mol. The summed E-state index contributed by atoms with van der Waals surface area (Å²) in [5.41, 5.74) is -6.27. The number of alkyl halides is 9. The van der Waals surface area contributed by atoms with Crippen LogP contribution in [0.15, 0.2) is 83.3 Å². The summed E-state index contributed by atoms with van der Waals surface area (Å²) in [6, 6.07) is 17.6. The molecule has 0 atom stereocenters. The third kappa shape index (κ3) is 4.84. The quantitative estimate of drug-likeness (QED) is 0.152. The molecule has 0 aliphatic carbocycles. The normalized spacial score (nSPS) is 12.9. The third-order valence-corrected chi connectivity index (χ3v) is 6.51. The maximum atomic E-state index is 13.9. The number of halogens is 9. The zero-order valence-electron chi connectivity index (χ0n) is 20.6. The molecule has 0 saturated carbocycles. The molecule has 0 aliphatic rings. The third-order valence-electron chi connectivity index (χ3n) is 6.51. The second kappa shape index (κ2) is 9.36. The van der Waals surface area contributed by atoms with Crippen LogP contribution in [0.25, 0.3) is 44.0 Å². The second-order valence-electron chi connectivity index (χ2n) is 9.24. The van der Waals surface area contributed by atoms with E-state index < -0.39 is 52.9 Å². The summed E-state index contributed by atoms with van der Waals surface area (Å²) >= 11 is 0. The Kier molecular flexibility index (Phi) is 6.10. The Morgan fingerprint density at radius 3 is 1.69 bits per heavy atom. The van der Waals surface area contributed by atoms with Crippen LogP contribution < -0.4 is 4.74 Å². The van der Waals surface area contributed by atoms with E-state index in [1.54, 1.807) is 60.7 Å². The topological polar surface area (TPSA) is 48.2 Å². The summed E-state index contributed by atoms with van der Waals surface area (Å²) in [6.45, 7) is 0. The van der Waals surface area contributed by atoms with Crippen molar-refractivity contribution < 1.29 is 48.7 Å². The number of benzene rings is 4. The first-order chi connectivity index (χ1) is 19.7. The zero-order valence-corrected chi connectivity index (χ0v) is 20.6. The van der Waals surface area contributed by atoms with Gasteiger partial charge in [0.15, 0.2) is 5.76 Å². The van der Waals surface area contributed by atoms with Crippen molar-refractivity contribution in [2.45, 2.75) is 18.5 Å². The van der Waals surface area contributed by atoms with Crippen LogP contribution in [0.2, 0.25) is 0 Å². The van der Waals surface area contributed by atoms with Gasteiger partial charge in [-0.1, -0.05) is 42.5 Å². The van der Waals surface area contributed by atoms with Gasteiger partial charge in [0.05, 0.1) is 16.7 Å². The Labute approximate surface area is 228 Å². The summed E-state index contributed by atoms with van der Waals surface area (Å²) in [5.74, 6) is -1.95. The average molecular weight is 592 g/mol. The molecule has 6 aromatic rings. The molecule has 4 nitrogen and oxygen atoms in total. The molecule has 0 saturated heterocycles. The maximum Gasteiger partial charge on any atom is 0.420 e. The van der Waals surface area contributed by atoms with Gasteiger partial charge in [-0.15, -0.1) is 10.2 Å². The van der Waals surface area contributed by atoms with Crippen molar-refractivity contribution in [2.24, 2.45) is 0 Å². The Hall–Kier alpha value is -4.81. The molecule has 0 spiro atoms. The van der Waals surface area contributed by atoms with Crippen LogP contribution >= 0.6 is 0 Å². The first kappa shape index (κ1) is 27.4. The molecule has 2 heterocycles. The van der Waals surface area contributed by atoms with E-state index in [9.17, 15) is 39.5 Å². The monoisotopic (exact) mass is 592 g/mol. The fourth-order valence-corrected chi connectivity index (χ4v) is 4.63. The van der Waals surface area contributed by atoms with Crippen molar-refractivity contribution in [3.8, 4) is 23.1 Å². The van der Waals surface area contributed by atoms with Crippen molar-refractivity contribution in [3.63, 3.8) is 0 Å². The SMILES string of the molecule is FC(F)(F)c1cc(C(F)(F)F)c(C(F)(F)F)cc1Oc1nnc(-c2cc3ccccc3o2)c2cc3ccccc3cc12. The highest BCUT2D eigenvalue weighted by Gasteiger charge is 2.47. The molecule has 2 aromatic heterocycles. The molecule has 42 heavy (non-hydrogen) atoms. The molecule has 0 amide bonds. The summed E-state index contributed by atoms with van der Waals surface area (Å²) in [6.07, 6.45) is -16.9. The fourth-order valence-electron chi connectivity index (χ4n) is 4.63. The smallest absolute Gasteiger partial charge is 0.420 e. The van der Waals surface area contributed by atoms with E-state index in [4.69, 9.17) is 9.15 Å². The number of hydrogen-bond donors (Lipinski definition) is 0. The van der Waals surface area contributed by atoms with E-state index in [0.717, 1.165) is 0 Å². The van der Waals surface area contributed by atoms with Crippen LogP contribution in [0.3, 0.4) is 0 Å². The van der Waals surface area contributed by atoms with Crippen molar-refractivity contribution >= 4 is 32.5 Å². The number of furan rings is 1. The molecule has 0 unspecified atom stereocenters. The molecule has 4 aromatic carbocycles. The van der Waals surface area contributed by atoms with Crippen LogP contribution in [0.1, 0.15) is 16.7 Å². The van der Waals surface area contributed by atoms with Gasteiger partial charge in [0, 0.05) is 16.2 Å². The summed E-state index contributed by atoms with van der Waals surface area (Å²) in [7, 11) is 0. The summed E-state index contributed by atoms with van der Waals surface area (Å²) in [4.78, 5) is 0. The highest BCUT2D eigenvalue weighted by atomic mass is 19.4. The first-order valence-electron chi connectivity index (χ1n) is 12.0. The minimum Gasteiger partial charge on any atom is -0.454 e. The minimum absolute atomic E-state index is 0.0285. The van der Waals surface area contributed by atoms with Gasteiger partial charge in [0.2, 0.25) is 5.88 Å². The van der Waals surface area contributed by atoms with Gasteiger partial charge in [0.1, 0.15) is 17.0 Å². The van der Waals surface area contributed by atoms with Crippen LogP contribution in [-0.2, 0) is 18.5 Å². The minimum atomic E-state index is -5.73. The molecular formula is C29H13F9N2O2. The predicted octanol–water partition coefficient (Wildman–Crippen LogP) is 10.0.